The van der Waals surface area contributed by atoms with Crippen molar-refractivity contribution in [1.29, 1.82) is 0 Å². The third-order valence-electron chi connectivity index (χ3n) is 4.28. The van der Waals surface area contributed by atoms with Crippen LogP contribution in [0, 0.1) is 6.92 Å². The van der Waals surface area contributed by atoms with Gasteiger partial charge in [0.2, 0.25) is 11.8 Å². The molecule has 8 heteroatoms. The van der Waals surface area contributed by atoms with Gasteiger partial charge in [0.25, 0.3) is 0 Å². The summed E-state index contributed by atoms with van der Waals surface area (Å²) in [6.45, 7) is 5.70. The Kier molecular flexibility index (Phi) is 4.06. The molecule has 0 aliphatic carbocycles. The summed E-state index contributed by atoms with van der Waals surface area (Å²) >= 11 is 0. The SMILES string of the molecule is Cc1cc(-n2cncn2)ccc1-c1nnc([C@H]2CN(C)C[C@@H](C)O2)o1. The molecule has 1 fully saturated rings. The third kappa shape index (κ3) is 3.18. The predicted molar refractivity (Wildman–Crippen MR) is 90.2 cm³/mol. The first-order valence-corrected chi connectivity index (χ1v) is 8.23. The Labute approximate surface area is 145 Å². The first-order chi connectivity index (χ1) is 12.1. The van der Waals surface area contributed by atoms with E-state index >= 15 is 0 Å². The summed E-state index contributed by atoms with van der Waals surface area (Å²) in [5, 5.41) is 12.6. The summed E-state index contributed by atoms with van der Waals surface area (Å²) in [5.74, 6) is 1.02. The van der Waals surface area contributed by atoms with Gasteiger partial charge >= 0.3 is 0 Å². The summed E-state index contributed by atoms with van der Waals surface area (Å²) < 4.78 is 13.6. The van der Waals surface area contributed by atoms with Crippen LogP contribution in [0.15, 0.2) is 35.3 Å². The topological polar surface area (TPSA) is 82.1 Å². The van der Waals surface area contributed by atoms with E-state index < -0.39 is 0 Å². The molecule has 25 heavy (non-hydrogen) atoms. The molecule has 0 N–H and O–H groups in total. The second-order valence-electron chi connectivity index (χ2n) is 6.44. The van der Waals surface area contributed by atoms with Gasteiger partial charge in [-0.3, -0.25) is 0 Å². The summed E-state index contributed by atoms with van der Waals surface area (Å²) in [6.07, 6.45) is 3.13. The maximum atomic E-state index is 5.93. The van der Waals surface area contributed by atoms with Gasteiger partial charge in [0.05, 0.1) is 11.8 Å². The second kappa shape index (κ2) is 6.38. The number of hydrogen-bond acceptors (Lipinski definition) is 7. The van der Waals surface area contributed by atoms with Crippen molar-refractivity contribution in [2.75, 3.05) is 20.1 Å². The number of rotatable bonds is 3. The molecule has 0 amide bonds. The molecule has 4 rings (SSSR count). The lowest BCUT2D eigenvalue weighted by atomic mass is 10.1. The largest absolute Gasteiger partial charge is 0.418 e. The summed E-state index contributed by atoms with van der Waals surface area (Å²) in [7, 11) is 2.07. The number of benzene rings is 1. The number of ether oxygens (including phenoxy) is 1. The van der Waals surface area contributed by atoms with E-state index in [1.807, 2.05) is 32.0 Å². The molecule has 8 nitrogen and oxygen atoms in total. The summed E-state index contributed by atoms with van der Waals surface area (Å²) in [4.78, 5) is 6.18. The maximum Gasteiger partial charge on any atom is 0.248 e. The van der Waals surface area contributed by atoms with Crippen LogP contribution in [0.25, 0.3) is 17.1 Å². The maximum absolute atomic E-state index is 5.93. The summed E-state index contributed by atoms with van der Waals surface area (Å²) in [6, 6.07) is 5.93. The van der Waals surface area contributed by atoms with Crippen molar-refractivity contribution in [2.45, 2.75) is 26.1 Å². The molecule has 130 valence electrons. The molecule has 1 saturated heterocycles. The molecule has 2 aromatic heterocycles. The molecule has 1 aromatic carbocycles. The molecule has 0 unspecified atom stereocenters. The van der Waals surface area contributed by atoms with Crippen LogP contribution in [0.4, 0.5) is 0 Å². The molecule has 0 spiro atoms. The van der Waals surface area contributed by atoms with E-state index in [9.17, 15) is 0 Å². The van der Waals surface area contributed by atoms with E-state index in [0.29, 0.717) is 11.8 Å². The molecular formula is C17H20N6O2. The van der Waals surface area contributed by atoms with E-state index in [1.165, 1.54) is 6.33 Å². The first kappa shape index (κ1) is 15.9. The van der Waals surface area contributed by atoms with Crippen molar-refractivity contribution in [3.63, 3.8) is 0 Å². The van der Waals surface area contributed by atoms with Crippen molar-refractivity contribution < 1.29 is 9.15 Å². The monoisotopic (exact) mass is 340 g/mol. The minimum absolute atomic E-state index is 0.141. The standard InChI is InChI=1S/C17H20N6O2/c1-11-6-13(23-10-18-9-19-23)4-5-14(11)16-20-21-17(25-16)15-8-22(3)7-12(2)24-15/h4-6,9-10,12,15H,7-8H2,1-3H3/t12-,15-/m1/s1. The molecule has 3 heterocycles. The fourth-order valence-electron chi connectivity index (χ4n) is 3.14. The van der Waals surface area contributed by atoms with Gasteiger partial charge in [-0.25, -0.2) is 9.67 Å². The van der Waals surface area contributed by atoms with Crippen molar-refractivity contribution >= 4 is 0 Å². The van der Waals surface area contributed by atoms with Crippen molar-refractivity contribution in [3.8, 4) is 17.1 Å². The number of aromatic nitrogens is 5. The van der Waals surface area contributed by atoms with Crippen LogP contribution < -0.4 is 0 Å². The van der Waals surface area contributed by atoms with Gasteiger partial charge in [-0.2, -0.15) is 5.10 Å². The van der Waals surface area contributed by atoms with Gasteiger partial charge in [-0.15, -0.1) is 10.2 Å². The molecule has 0 bridgehead atoms. The van der Waals surface area contributed by atoms with E-state index in [-0.39, 0.29) is 12.2 Å². The lowest BCUT2D eigenvalue weighted by Gasteiger charge is -2.32. The number of aryl methyl sites for hydroxylation is 1. The number of morpholine rings is 1. The van der Waals surface area contributed by atoms with E-state index in [1.54, 1.807) is 11.0 Å². The van der Waals surface area contributed by atoms with E-state index in [0.717, 1.165) is 29.9 Å². The highest BCUT2D eigenvalue weighted by Gasteiger charge is 2.28. The predicted octanol–water partition coefficient (Wildman–Crippen LogP) is 2.02. The third-order valence-corrected chi connectivity index (χ3v) is 4.28. The lowest BCUT2D eigenvalue weighted by molar-refractivity contribution is -0.0821. The van der Waals surface area contributed by atoms with Gasteiger partial charge in [0.15, 0.2) is 0 Å². The van der Waals surface area contributed by atoms with Crippen LogP contribution in [0.3, 0.4) is 0 Å². The van der Waals surface area contributed by atoms with Crippen LogP contribution in [0.2, 0.25) is 0 Å². The minimum atomic E-state index is -0.190. The number of nitrogens with zero attached hydrogens (tertiary/aromatic N) is 6. The van der Waals surface area contributed by atoms with Gasteiger partial charge < -0.3 is 14.1 Å². The van der Waals surface area contributed by atoms with Crippen molar-refractivity contribution in [3.05, 3.63) is 42.3 Å². The Hall–Kier alpha value is -2.58. The Morgan fingerprint density at radius 2 is 2.08 bits per heavy atom. The zero-order valence-electron chi connectivity index (χ0n) is 14.5. The van der Waals surface area contributed by atoms with Crippen molar-refractivity contribution in [1.82, 2.24) is 29.9 Å². The average molecular weight is 340 g/mol. The van der Waals surface area contributed by atoms with Crippen LogP contribution in [0.5, 0.6) is 0 Å². The quantitative estimate of drug-likeness (QED) is 0.721. The van der Waals surface area contributed by atoms with Gasteiger partial charge in [-0.05, 0) is 44.7 Å². The normalized spacial score (nSPS) is 21.6. The van der Waals surface area contributed by atoms with Crippen LogP contribution in [0.1, 0.15) is 24.5 Å². The fourth-order valence-corrected chi connectivity index (χ4v) is 3.14. The highest BCUT2D eigenvalue weighted by molar-refractivity contribution is 5.60. The summed E-state index contributed by atoms with van der Waals surface area (Å²) in [5.41, 5.74) is 2.86. The van der Waals surface area contributed by atoms with Gasteiger partial charge in [0.1, 0.15) is 18.8 Å². The fraction of sp³-hybridized carbons (Fsp3) is 0.412. The smallest absolute Gasteiger partial charge is 0.248 e. The highest BCUT2D eigenvalue weighted by Crippen LogP contribution is 2.28. The van der Waals surface area contributed by atoms with Gasteiger partial charge in [0, 0.05) is 18.7 Å². The number of hydrogen-bond donors (Lipinski definition) is 0. The first-order valence-electron chi connectivity index (χ1n) is 8.23. The molecule has 1 aliphatic heterocycles. The molecule has 0 saturated carbocycles. The van der Waals surface area contributed by atoms with Crippen LogP contribution in [-0.4, -0.2) is 56.1 Å². The van der Waals surface area contributed by atoms with E-state index in [4.69, 9.17) is 9.15 Å². The zero-order valence-corrected chi connectivity index (χ0v) is 14.5. The molecule has 3 aromatic rings. The van der Waals surface area contributed by atoms with Gasteiger partial charge in [-0.1, -0.05) is 0 Å². The Morgan fingerprint density at radius 1 is 1.20 bits per heavy atom. The lowest BCUT2D eigenvalue weighted by Crippen LogP contribution is -2.40. The van der Waals surface area contributed by atoms with Crippen LogP contribution in [-0.2, 0) is 4.74 Å². The molecule has 2 atom stereocenters. The molecular weight excluding hydrogens is 320 g/mol. The average Bonchev–Trinajstić information content (AvgIpc) is 3.26. The second-order valence-corrected chi connectivity index (χ2v) is 6.44. The molecule has 0 radical (unpaired) electrons. The van der Waals surface area contributed by atoms with E-state index in [2.05, 4.69) is 32.2 Å². The Bertz CT molecular complexity index is 850. The van der Waals surface area contributed by atoms with Crippen LogP contribution >= 0.6 is 0 Å². The Morgan fingerprint density at radius 3 is 2.80 bits per heavy atom. The molecule has 1 aliphatic rings. The number of likely N-dealkylation sites (N-methyl/N-ethyl adjacent to an activating group) is 1. The minimum Gasteiger partial charge on any atom is -0.418 e. The Balaban J connectivity index is 1.60. The zero-order chi connectivity index (χ0) is 17.4. The van der Waals surface area contributed by atoms with Crippen molar-refractivity contribution in [2.24, 2.45) is 0 Å². The highest BCUT2D eigenvalue weighted by atomic mass is 16.5.